The smallest absolute Gasteiger partial charge is 0.313 e. The number of esters is 3. The van der Waals surface area contributed by atoms with Gasteiger partial charge in [-0.25, -0.2) is 0 Å². The van der Waals surface area contributed by atoms with Gasteiger partial charge in [0.15, 0.2) is 0 Å². The summed E-state index contributed by atoms with van der Waals surface area (Å²) in [6, 6.07) is 0. The van der Waals surface area contributed by atoms with Gasteiger partial charge in [0.25, 0.3) is 0 Å². The van der Waals surface area contributed by atoms with Gasteiger partial charge in [0.2, 0.25) is 0 Å². The highest BCUT2D eigenvalue weighted by Crippen LogP contribution is 2.43. The predicted molar refractivity (Wildman–Crippen MR) is 53.6 cm³/mol. The molecule has 2 saturated heterocycles. The molecule has 2 aliphatic heterocycles. The number of carbonyl (C=O) groups is 3. The van der Waals surface area contributed by atoms with Crippen LogP contribution in [-0.2, 0) is 28.6 Å². The van der Waals surface area contributed by atoms with Crippen molar-refractivity contribution in [2.24, 2.45) is 17.8 Å². The van der Waals surface area contributed by atoms with Crippen LogP contribution < -0.4 is 0 Å². The van der Waals surface area contributed by atoms with Crippen LogP contribution in [0.2, 0.25) is 0 Å². The Balaban J connectivity index is 2.32. The molecule has 0 radical (unpaired) electrons. The largest absolute Gasteiger partial charge is 0.469 e. The number of rotatable bonds is 2. The van der Waals surface area contributed by atoms with Crippen LogP contribution in [0.4, 0.5) is 0 Å². The molecule has 0 unspecified atom stereocenters. The van der Waals surface area contributed by atoms with Crippen molar-refractivity contribution in [1.29, 1.82) is 0 Å². The molecule has 0 amide bonds. The molecule has 1 aliphatic carbocycles. The van der Waals surface area contributed by atoms with Crippen molar-refractivity contribution in [3.8, 4) is 0 Å². The first-order chi connectivity index (χ1) is 8.10. The Morgan fingerprint density at radius 2 is 1.71 bits per heavy atom. The lowest BCUT2D eigenvalue weighted by atomic mass is 9.68. The Morgan fingerprint density at radius 1 is 1.12 bits per heavy atom. The van der Waals surface area contributed by atoms with Crippen molar-refractivity contribution in [3.05, 3.63) is 0 Å². The maximum atomic E-state index is 11.7. The van der Waals surface area contributed by atoms with Gasteiger partial charge in [0.05, 0.1) is 26.1 Å². The lowest BCUT2D eigenvalue weighted by molar-refractivity contribution is -0.199. The van der Waals surface area contributed by atoms with Crippen LogP contribution in [0.25, 0.3) is 0 Å². The summed E-state index contributed by atoms with van der Waals surface area (Å²) >= 11 is 0. The Labute approximate surface area is 98.2 Å². The molecule has 0 aromatic rings. The van der Waals surface area contributed by atoms with Gasteiger partial charge in [-0.3, -0.25) is 14.4 Å². The van der Waals surface area contributed by atoms with E-state index in [-0.39, 0.29) is 0 Å². The van der Waals surface area contributed by atoms with Gasteiger partial charge in [-0.2, -0.15) is 0 Å². The fourth-order valence-electron chi connectivity index (χ4n) is 2.70. The summed E-state index contributed by atoms with van der Waals surface area (Å²) in [5.74, 6) is -3.58. The molecule has 2 heterocycles. The number of hydrogen-bond acceptors (Lipinski definition) is 6. The van der Waals surface area contributed by atoms with Crippen molar-refractivity contribution in [3.63, 3.8) is 0 Å². The number of methoxy groups -OCH3 is 2. The third kappa shape index (κ3) is 1.77. The molecule has 6 heteroatoms. The van der Waals surface area contributed by atoms with Gasteiger partial charge in [-0.15, -0.1) is 0 Å². The number of fused-ring (bicyclic) bond motifs is 3. The van der Waals surface area contributed by atoms with Gasteiger partial charge in [0.1, 0.15) is 12.0 Å². The van der Waals surface area contributed by atoms with Crippen LogP contribution in [0.15, 0.2) is 0 Å². The van der Waals surface area contributed by atoms with E-state index >= 15 is 0 Å². The standard InChI is InChI=1S/C11H14O6/c1-15-10(13)7-5-3-4-6(17-9(5)12)8(7)11(14)16-2/h5-8H,3-4H2,1-2H3/t5-,6+,7+,8-/m0/s1. The lowest BCUT2D eigenvalue weighted by Crippen LogP contribution is -2.56. The van der Waals surface area contributed by atoms with Crippen molar-refractivity contribution in [1.82, 2.24) is 0 Å². The van der Waals surface area contributed by atoms with Gasteiger partial charge in [0, 0.05) is 0 Å². The summed E-state index contributed by atoms with van der Waals surface area (Å²) in [5.41, 5.74) is 0. The summed E-state index contributed by atoms with van der Waals surface area (Å²) in [6.45, 7) is 0. The number of carbonyl (C=O) groups excluding carboxylic acids is 3. The Bertz CT molecular complexity index is 363. The minimum absolute atomic E-state index is 0.420. The molecule has 17 heavy (non-hydrogen) atoms. The zero-order chi connectivity index (χ0) is 12.6. The predicted octanol–water partition coefficient (Wildman–Crippen LogP) is -0.0998. The first-order valence-corrected chi connectivity index (χ1v) is 5.46. The summed E-state index contributed by atoms with van der Waals surface area (Å²) in [7, 11) is 2.49. The van der Waals surface area contributed by atoms with Crippen LogP contribution in [0.5, 0.6) is 0 Å². The van der Waals surface area contributed by atoms with E-state index in [0.717, 1.165) is 0 Å². The molecule has 4 atom stereocenters. The number of hydrogen-bond donors (Lipinski definition) is 0. The highest BCUT2D eigenvalue weighted by Gasteiger charge is 2.57. The molecule has 0 spiro atoms. The van der Waals surface area contributed by atoms with E-state index in [1.54, 1.807) is 0 Å². The van der Waals surface area contributed by atoms with Crippen molar-refractivity contribution in [2.75, 3.05) is 14.2 Å². The zero-order valence-electron chi connectivity index (χ0n) is 9.67. The van der Waals surface area contributed by atoms with Crippen LogP contribution in [0.3, 0.4) is 0 Å². The molecule has 3 rings (SSSR count). The van der Waals surface area contributed by atoms with E-state index in [1.165, 1.54) is 14.2 Å². The van der Waals surface area contributed by atoms with Crippen molar-refractivity contribution >= 4 is 17.9 Å². The summed E-state index contributed by atoms with van der Waals surface area (Å²) in [5, 5.41) is 0. The molecule has 0 N–H and O–H groups in total. The second-order valence-corrected chi connectivity index (χ2v) is 4.26. The molecular formula is C11H14O6. The molecule has 3 aliphatic rings. The average molecular weight is 242 g/mol. The first kappa shape index (κ1) is 11.9. The molecule has 6 nitrogen and oxygen atoms in total. The van der Waals surface area contributed by atoms with Crippen molar-refractivity contribution in [2.45, 2.75) is 18.9 Å². The van der Waals surface area contributed by atoms with Gasteiger partial charge in [-0.1, -0.05) is 0 Å². The highest BCUT2D eigenvalue weighted by atomic mass is 16.6. The van der Waals surface area contributed by atoms with Crippen LogP contribution in [0.1, 0.15) is 12.8 Å². The van der Waals surface area contributed by atoms with Crippen LogP contribution in [0, 0.1) is 17.8 Å². The highest BCUT2D eigenvalue weighted by molar-refractivity contribution is 5.90. The fraction of sp³-hybridized carbons (Fsp3) is 0.727. The second-order valence-electron chi connectivity index (χ2n) is 4.26. The third-order valence-corrected chi connectivity index (χ3v) is 3.50. The van der Waals surface area contributed by atoms with E-state index < -0.39 is 41.8 Å². The quantitative estimate of drug-likeness (QED) is 0.497. The third-order valence-electron chi connectivity index (χ3n) is 3.50. The molecular weight excluding hydrogens is 228 g/mol. The van der Waals surface area contributed by atoms with Crippen LogP contribution >= 0.6 is 0 Å². The maximum Gasteiger partial charge on any atom is 0.313 e. The summed E-state index contributed by atoms with van der Waals surface area (Å²) in [4.78, 5) is 34.9. The minimum atomic E-state index is -0.771. The van der Waals surface area contributed by atoms with E-state index in [2.05, 4.69) is 9.47 Å². The van der Waals surface area contributed by atoms with E-state index in [0.29, 0.717) is 12.8 Å². The van der Waals surface area contributed by atoms with Gasteiger partial charge in [-0.05, 0) is 12.8 Å². The monoisotopic (exact) mass is 242 g/mol. The zero-order valence-corrected chi connectivity index (χ0v) is 9.67. The molecule has 3 fully saturated rings. The second kappa shape index (κ2) is 4.35. The Kier molecular flexibility index (Phi) is 3.04. The summed E-state index contributed by atoms with van der Waals surface area (Å²) < 4.78 is 14.4. The number of ether oxygens (including phenoxy) is 3. The lowest BCUT2D eigenvalue weighted by Gasteiger charge is -2.43. The Morgan fingerprint density at radius 3 is 2.24 bits per heavy atom. The van der Waals surface area contributed by atoms with E-state index in [1.807, 2.05) is 0 Å². The van der Waals surface area contributed by atoms with E-state index in [9.17, 15) is 14.4 Å². The minimum Gasteiger partial charge on any atom is -0.469 e. The fourth-order valence-corrected chi connectivity index (χ4v) is 2.70. The van der Waals surface area contributed by atoms with Crippen molar-refractivity contribution < 1.29 is 28.6 Å². The molecule has 1 saturated carbocycles. The van der Waals surface area contributed by atoms with Gasteiger partial charge >= 0.3 is 17.9 Å². The SMILES string of the molecule is COC(=O)[C@@H]1[C@H](C(=O)OC)[C@@H]2CC[C@H]1OC2=O. The molecule has 0 aromatic carbocycles. The van der Waals surface area contributed by atoms with Crippen LogP contribution in [-0.4, -0.2) is 38.2 Å². The van der Waals surface area contributed by atoms with E-state index in [4.69, 9.17) is 4.74 Å². The molecule has 2 bridgehead atoms. The normalized spacial score (nSPS) is 35.1. The van der Waals surface area contributed by atoms with Gasteiger partial charge < -0.3 is 14.2 Å². The molecule has 94 valence electrons. The topological polar surface area (TPSA) is 78.9 Å². The average Bonchev–Trinajstić information content (AvgIpc) is 2.36. The Hall–Kier alpha value is -1.59. The first-order valence-electron chi connectivity index (χ1n) is 5.46. The summed E-state index contributed by atoms with van der Waals surface area (Å²) in [6.07, 6.45) is 0.574. The molecule has 0 aromatic heterocycles. The maximum absolute atomic E-state index is 11.7.